The SMILES string of the molecule is O=S(=O)(c1ccc(F)c(F)c1)N(Cc1cc(CN2CCOCC2)cs1)c1ccc(Cl)cc1. The largest absolute Gasteiger partial charge is 0.379 e. The highest BCUT2D eigenvalue weighted by molar-refractivity contribution is 7.92. The molecule has 1 saturated heterocycles. The van der Waals surface area contributed by atoms with Crippen LogP contribution < -0.4 is 4.31 Å². The van der Waals surface area contributed by atoms with Crippen molar-refractivity contribution in [2.75, 3.05) is 30.6 Å². The van der Waals surface area contributed by atoms with Crippen molar-refractivity contribution >= 4 is 38.6 Å². The second-order valence-electron chi connectivity index (χ2n) is 7.37. The monoisotopic (exact) mass is 498 g/mol. The minimum atomic E-state index is -4.16. The molecule has 0 atom stereocenters. The summed E-state index contributed by atoms with van der Waals surface area (Å²) in [5.41, 5.74) is 1.47. The molecule has 0 N–H and O–H groups in total. The first kappa shape index (κ1) is 23.1. The highest BCUT2D eigenvalue weighted by Gasteiger charge is 2.27. The van der Waals surface area contributed by atoms with Gasteiger partial charge in [-0.25, -0.2) is 17.2 Å². The molecule has 0 aliphatic carbocycles. The molecular weight excluding hydrogens is 478 g/mol. The lowest BCUT2D eigenvalue weighted by Crippen LogP contribution is -2.35. The number of halogens is 3. The van der Waals surface area contributed by atoms with Gasteiger partial charge in [0.05, 0.1) is 30.3 Å². The zero-order chi connectivity index (χ0) is 22.7. The maximum Gasteiger partial charge on any atom is 0.264 e. The summed E-state index contributed by atoms with van der Waals surface area (Å²) in [5.74, 6) is -2.32. The zero-order valence-electron chi connectivity index (χ0n) is 17.0. The van der Waals surface area contributed by atoms with Crippen LogP contribution in [0.2, 0.25) is 5.02 Å². The van der Waals surface area contributed by atoms with E-state index in [-0.39, 0.29) is 11.4 Å². The van der Waals surface area contributed by atoms with Gasteiger partial charge >= 0.3 is 0 Å². The fourth-order valence-corrected chi connectivity index (χ4v) is 5.97. The summed E-state index contributed by atoms with van der Waals surface area (Å²) >= 11 is 7.43. The van der Waals surface area contributed by atoms with Gasteiger partial charge in [-0.05, 0) is 59.5 Å². The van der Waals surface area contributed by atoms with E-state index in [0.717, 1.165) is 42.2 Å². The molecule has 4 rings (SSSR count). The standard InChI is InChI=1S/C22H21ClF2N2O3S2/c23-17-1-3-18(4-2-17)27(32(28,29)20-5-6-21(24)22(25)12-20)14-19-11-16(15-31-19)13-26-7-9-30-10-8-26/h1-6,11-12,15H,7-10,13-14H2. The van der Waals surface area contributed by atoms with Crippen molar-refractivity contribution in [3.05, 3.63) is 81.0 Å². The van der Waals surface area contributed by atoms with Crippen LogP contribution in [-0.2, 0) is 27.8 Å². The van der Waals surface area contributed by atoms with E-state index in [4.69, 9.17) is 16.3 Å². The predicted molar refractivity (Wildman–Crippen MR) is 122 cm³/mol. The van der Waals surface area contributed by atoms with Crippen LogP contribution in [0, 0.1) is 11.6 Å². The third-order valence-corrected chi connectivity index (χ3v) is 8.10. The number of nitrogens with zero attached hydrogens (tertiary/aromatic N) is 2. The Bertz CT molecular complexity index is 1180. The molecule has 32 heavy (non-hydrogen) atoms. The Morgan fingerprint density at radius 1 is 1.03 bits per heavy atom. The number of ether oxygens (including phenoxy) is 1. The number of anilines is 1. The first-order chi connectivity index (χ1) is 15.3. The first-order valence-electron chi connectivity index (χ1n) is 9.93. The van der Waals surface area contributed by atoms with Crippen LogP contribution >= 0.6 is 22.9 Å². The summed E-state index contributed by atoms with van der Waals surface area (Å²) < 4.78 is 60.5. The molecular formula is C22H21ClF2N2O3S2. The van der Waals surface area contributed by atoms with Crippen LogP contribution in [0.25, 0.3) is 0 Å². The third-order valence-electron chi connectivity index (χ3n) is 5.11. The molecule has 1 aromatic heterocycles. The van der Waals surface area contributed by atoms with Gasteiger partial charge in [0, 0.05) is 29.5 Å². The lowest BCUT2D eigenvalue weighted by atomic mass is 10.2. The smallest absolute Gasteiger partial charge is 0.264 e. The molecule has 3 aromatic rings. The summed E-state index contributed by atoms with van der Waals surface area (Å²) in [7, 11) is -4.16. The van der Waals surface area contributed by atoms with Gasteiger partial charge < -0.3 is 4.74 Å². The van der Waals surface area contributed by atoms with Crippen LogP contribution in [0.4, 0.5) is 14.5 Å². The number of hydrogen-bond acceptors (Lipinski definition) is 5. The Balaban J connectivity index is 1.63. The molecule has 1 aliphatic heterocycles. The Morgan fingerprint density at radius 2 is 1.75 bits per heavy atom. The fraction of sp³-hybridized carbons (Fsp3) is 0.273. The molecule has 0 radical (unpaired) electrons. The van der Waals surface area contributed by atoms with E-state index in [1.54, 1.807) is 24.3 Å². The van der Waals surface area contributed by atoms with E-state index in [0.29, 0.717) is 30.0 Å². The van der Waals surface area contributed by atoms with E-state index in [2.05, 4.69) is 4.90 Å². The van der Waals surface area contributed by atoms with Gasteiger partial charge in [-0.2, -0.15) is 0 Å². The van der Waals surface area contributed by atoms with Gasteiger partial charge in [0.15, 0.2) is 11.6 Å². The molecule has 0 amide bonds. The molecule has 0 saturated carbocycles. The maximum absolute atomic E-state index is 13.8. The second-order valence-corrected chi connectivity index (χ2v) is 10.7. The van der Waals surface area contributed by atoms with Gasteiger partial charge in [0.1, 0.15) is 0 Å². The van der Waals surface area contributed by atoms with Gasteiger partial charge in [0.25, 0.3) is 10.0 Å². The Morgan fingerprint density at radius 3 is 2.44 bits per heavy atom. The van der Waals surface area contributed by atoms with Gasteiger partial charge in [0.2, 0.25) is 0 Å². The molecule has 0 spiro atoms. The number of benzene rings is 2. The van der Waals surface area contributed by atoms with E-state index < -0.39 is 21.7 Å². The number of sulfonamides is 1. The van der Waals surface area contributed by atoms with Crippen molar-refractivity contribution < 1.29 is 21.9 Å². The molecule has 5 nitrogen and oxygen atoms in total. The highest BCUT2D eigenvalue weighted by Crippen LogP contribution is 2.30. The molecule has 10 heteroatoms. The highest BCUT2D eigenvalue weighted by atomic mass is 35.5. The van der Waals surface area contributed by atoms with Crippen molar-refractivity contribution in [1.82, 2.24) is 4.90 Å². The maximum atomic E-state index is 13.8. The van der Waals surface area contributed by atoms with Crippen molar-refractivity contribution in [2.24, 2.45) is 0 Å². The van der Waals surface area contributed by atoms with E-state index in [1.807, 2.05) is 11.4 Å². The van der Waals surface area contributed by atoms with Crippen molar-refractivity contribution in [1.29, 1.82) is 0 Å². The minimum absolute atomic E-state index is 0.0523. The molecule has 1 aliphatic rings. The van der Waals surface area contributed by atoms with E-state index >= 15 is 0 Å². The number of morpholine rings is 1. The Labute approximate surface area is 194 Å². The summed E-state index contributed by atoms with van der Waals surface area (Å²) in [6, 6.07) is 10.9. The summed E-state index contributed by atoms with van der Waals surface area (Å²) in [6.07, 6.45) is 0. The average Bonchev–Trinajstić information content (AvgIpc) is 3.22. The molecule has 1 fully saturated rings. The summed E-state index contributed by atoms with van der Waals surface area (Å²) in [5, 5.41) is 2.47. The van der Waals surface area contributed by atoms with Crippen LogP contribution in [0.1, 0.15) is 10.4 Å². The zero-order valence-corrected chi connectivity index (χ0v) is 19.4. The van der Waals surface area contributed by atoms with Crippen LogP contribution in [-0.4, -0.2) is 39.6 Å². The lowest BCUT2D eigenvalue weighted by molar-refractivity contribution is 0.0342. The van der Waals surface area contributed by atoms with Crippen LogP contribution in [0.3, 0.4) is 0 Å². The molecule has 0 unspecified atom stereocenters. The lowest BCUT2D eigenvalue weighted by Gasteiger charge is -2.26. The van der Waals surface area contributed by atoms with Gasteiger partial charge in [-0.3, -0.25) is 9.21 Å². The molecule has 170 valence electrons. The summed E-state index contributed by atoms with van der Waals surface area (Å²) in [4.78, 5) is 2.79. The normalized spacial score (nSPS) is 15.1. The predicted octanol–water partition coefficient (Wildman–Crippen LogP) is 4.91. The third kappa shape index (κ3) is 5.29. The number of hydrogen-bond donors (Lipinski definition) is 0. The minimum Gasteiger partial charge on any atom is -0.379 e. The topological polar surface area (TPSA) is 49.9 Å². The number of rotatable bonds is 7. The first-order valence-corrected chi connectivity index (χ1v) is 12.6. The average molecular weight is 499 g/mol. The van der Waals surface area contributed by atoms with Crippen LogP contribution in [0.5, 0.6) is 0 Å². The van der Waals surface area contributed by atoms with Crippen molar-refractivity contribution in [2.45, 2.75) is 18.0 Å². The fourth-order valence-electron chi connectivity index (χ4n) is 3.44. The van der Waals surface area contributed by atoms with Crippen LogP contribution in [0.15, 0.2) is 58.8 Å². The van der Waals surface area contributed by atoms with Crippen molar-refractivity contribution in [3.63, 3.8) is 0 Å². The summed E-state index contributed by atoms with van der Waals surface area (Å²) in [6.45, 7) is 3.92. The van der Waals surface area contributed by atoms with E-state index in [1.165, 1.54) is 15.6 Å². The number of thiophene rings is 1. The van der Waals surface area contributed by atoms with Gasteiger partial charge in [-0.15, -0.1) is 11.3 Å². The quantitative estimate of drug-likeness (QED) is 0.464. The molecule has 2 aromatic carbocycles. The van der Waals surface area contributed by atoms with Crippen molar-refractivity contribution in [3.8, 4) is 0 Å². The Kier molecular flexibility index (Phi) is 7.11. The van der Waals surface area contributed by atoms with E-state index in [9.17, 15) is 17.2 Å². The molecule has 0 bridgehead atoms. The second kappa shape index (κ2) is 9.84. The Hall–Kier alpha value is -2.04. The molecule has 2 heterocycles. The van der Waals surface area contributed by atoms with Gasteiger partial charge in [-0.1, -0.05) is 11.6 Å².